The highest BCUT2D eigenvalue weighted by atomic mass is 16.5. The van der Waals surface area contributed by atoms with Gasteiger partial charge in [-0.15, -0.1) is 0 Å². The first-order chi connectivity index (χ1) is 23.6. The zero-order chi connectivity index (χ0) is 35.2. The summed E-state index contributed by atoms with van der Waals surface area (Å²) in [5.41, 5.74) is 3.23. The van der Waals surface area contributed by atoms with Crippen molar-refractivity contribution in [1.82, 2.24) is 31.0 Å². The second-order valence-corrected chi connectivity index (χ2v) is 11.9. The number of Topliss-reactive ketones (excluding diaryl/α,β-unsaturated/α-hetero) is 1. The Hall–Kier alpha value is -5.52. The maximum absolute atomic E-state index is 13.9. The number of benzene rings is 2. The van der Waals surface area contributed by atoms with E-state index in [0.717, 1.165) is 35.2 Å². The van der Waals surface area contributed by atoms with Crippen molar-refractivity contribution in [1.29, 1.82) is 0 Å². The molecule has 3 aromatic rings. The normalized spacial score (nSPS) is 14.1. The molecule has 49 heavy (non-hydrogen) atoms. The summed E-state index contributed by atoms with van der Waals surface area (Å²) in [5.74, 6) is -2.56. The van der Waals surface area contributed by atoms with Gasteiger partial charge in [-0.3, -0.25) is 28.7 Å². The molecule has 258 valence electrons. The van der Waals surface area contributed by atoms with Crippen molar-refractivity contribution in [3.63, 3.8) is 0 Å². The summed E-state index contributed by atoms with van der Waals surface area (Å²) in [6.45, 7) is 1.68. The number of hydrogen-bond acceptors (Lipinski definition) is 7. The number of aryl methyl sites for hydroxylation is 2. The molecular weight excluding hydrogens is 624 g/mol. The van der Waals surface area contributed by atoms with Gasteiger partial charge >= 0.3 is 0 Å². The van der Waals surface area contributed by atoms with E-state index in [-0.39, 0.29) is 31.7 Å². The predicted molar refractivity (Wildman–Crippen MR) is 184 cm³/mol. The van der Waals surface area contributed by atoms with Crippen molar-refractivity contribution in [2.45, 2.75) is 70.1 Å². The summed E-state index contributed by atoms with van der Waals surface area (Å²) in [4.78, 5) is 66.5. The Labute approximate surface area is 286 Å². The number of allylic oxidation sites excluding steroid dienone is 3. The lowest BCUT2D eigenvalue weighted by atomic mass is 9.96. The molecule has 4 N–H and O–H groups in total. The highest BCUT2D eigenvalue weighted by molar-refractivity contribution is 6.38. The van der Waals surface area contributed by atoms with Crippen LogP contribution in [0.5, 0.6) is 5.75 Å². The zero-order valence-electron chi connectivity index (χ0n) is 28.1. The molecule has 0 fully saturated rings. The Morgan fingerprint density at radius 1 is 0.857 bits per heavy atom. The molecule has 12 heteroatoms. The van der Waals surface area contributed by atoms with E-state index < -0.39 is 41.6 Å². The minimum atomic E-state index is -1.18. The summed E-state index contributed by atoms with van der Waals surface area (Å²) in [6.07, 6.45) is 9.90. The first-order valence-corrected chi connectivity index (χ1v) is 16.3. The lowest BCUT2D eigenvalue weighted by Gasteiger charge is -2.25. The molecule has 1 heterocycles. The Morgan fingerprint density at radius 2 is 1.59 bits per heavy atom. The van der Waals surface area contributed by atoms with Crippen molar-refractivity contribution in [2.24, 2.45) is 7.05 Å². The van der Waals surface area contributed by atoms with Crippen molar-refractivity contribution in [2.75, 3.05) is 7.11 Å². The summed E-state index contributed by atoms with van der Waals surface area (Å²) < 4.78 is 6.92. The molecule has 2 aromatic carbocycles. The van der Waals surface area contributed by atoms with Crippen LogP contribution in [0, 0.1) is 0 Å². The number of ether oxygens (including phenoxy) is 1. The van der Waals surface area contributed by atoms with Gasteiger partial charge in [-0.1, -0.05) is 60.7 Å². The van der Waals surface area contributed by atoms with Gasteiger partial charge in [-0.25, -0.2) is 0 Å². The van der Waals surface area contributed by atoms with E-state index >= 15 is 0 Å². The van der Waals surface area contributed by atoms with Gasteiger partial charge in [0.2, 0.25) is 23.5 Å². The first kappa shape index (κ1) is 36.3. The molecule has 1 unspecified atom stereocenters. The first-order valence-electron chi connectivity index (χ1n) is 16.3. The fraction of sp³-hybridized carbons (Fsp3) is 0.351. The molecule has 1 aromatic heterocycles. The summed E-state index contributed by atoms with van der Waals surface area (Å²) >= 11 is 0. The van der Waals surface area contributed by atoms with Crippen LogP contribution in [0.25, 0.3) is 0 Å². The van der Waals surface area contributed by atoms with E-state index in [1.807, 2.05) is 54.6 Å². The molecule has 0 saturated heterocycles. The number of carbonyl (C=O) groups is 5. The molecule has 0 radical (unpaired) electrons. The van der Waals surface area contributed by atoms with E-state index in [1.165, 1.54) is 6.92 Å². The molecule has 0 aliphatic heterocycles. The SMILES string of the molecule is COc1ccc(C[C@H](NC(=O)C(C)NC(=O)CCc2ccnn2C)C(=O)N[C@@H](CC2=CCCC=C2)C(=O)C(=O)NCc2ccccc2)cc1. The van der Waals surface area contributed by atoms with Crippen LogP contribution < -0.4 is 26.0 Å². The molecular formula is C37H44N6O6. The lowest BCUT2D eigenvalue weighted by Crippen LogP contribution is -2.57. The van der Waals surface area contributed by atoms with Crippen LogP contribution in [-0.4, -0.2) is 64.4 Å². The third-order valence-corrected chi connectivity index (χ3v) is 8.20. The van der Waals surface area contributed by atoms with E-state index in [1.54, 1.807) is 49.3 Å². The number of rotatable bonds is 17. The molecule has 4 rings (SSSR count). The number of ketones is 1. The minimum Gasteiger partial charge on any atom is -0.497 e. The zero-order valence-corrected chi connectivity index (χ0v) is 28.1. The lowest BCUT2D eigenvalue weighted by molar-refractivity contribution is -0.140. The number of hydrogen-bond donors (Lipinski definition) is 4. The topological polar surface area (TPSA) is 161 Å². The number of nitrogens with one attached hydrogen (secondary N) is 4. The van der Waals surface area contributed by atoms with Crippen LogP contribution in [-0.2, 0) is 50.4 Å². The van der Waals surface area contributed by atoms with Gasteiger partial charge in [-0.05, 0) is 67.5 Å². The van der Waals surface area contributed by atoms with E-state index in [4.69, 9.17) is 4.74 Å². The summed E-state index contributed by atoms with van der Waals surface area (Å²) in [5, 5.41) is 14.9. The Bertz CT molecular complexity index is 1660. The fourth-order valence-corrected chi connectivity index (χ4v) is 5.33. The van der Waals surface area contributed by atoms with Crippen LogP contribution in [0.2, 0.25) is 0 Å². The molecule has 4 amide bonds. The van der Waals surface area contributed by atoms with E-state index in [9.17, 15) is 24.0 Å². The monoisotopic (exact) mass is 668 g/mol. The van der Waals surface area contributed by atoms with Gasteiger partial charge in [0.25, 0.3) is 5.91 Å². The minimum absolute atomic E-state index is 0.0758. The highest BCUT2D eigenvalue weighted by Gasteiger charge is 2.32. The van der Waals surface area contributed by atoms with Crippen LogP contribution in [0.4, 0.5) is 0 Å². The maximum Gasteiger partial charge on any atom is 0.289 e. The van der Waals surface area contributed by atoms with Gasteiger partial charge in [0.05, 0.1) is 7.11 Å². The fourth-order valence-electron chi connectivity index (χ4n) is 5.33. The number of aromatic nitrogens is 2. The number of methoxy groups -OCH3 is 1. The van der Waals surface area contributed by atoms with Crippen molar-refractivity contribution in [3.05, 3.63) is 107 Å². The molecule has 0 bridgehead atoms. The van der Waals surface area contributed by atoms with Crippen molar-refractivity contribution < 1.29 is 28.7 Å². The second kappa shape index (κ2) is 18.1. The third kappa shape index (κ3) is 11.3. The standard InChI is InChI=1S/C37H44N6O6/c1-25(40-33(44)19-16-29-20-21-39-43(29)2)35(46)42-32(23-27-14-17-30(49-3)18-15-27)36(47)41-31(22-26-10-6-4-7-11-26)34(45)37(48)38-24-28-12-8-5-9-13-28/h5-6,8-15,17-18,20-21,25,31-32H,4,7,16,19,22-24H2,1-3H3,(H,38,48)(H,40,44)(H,41,47)(H,42,46)/t25?,31-,32-/m0/s1. The van der Waals surface area contributed by atoms with E-state index in [0.29, 0.717) is 12.2 Å². The quantitative estimate of drug-likeness (QED) is 0.161. The largest absolute Gasteiger partial charge is 0.497 e. The molecule has 0 spiro atoms. The van der Waals surface area contributed by atoms with E-state index in [2.05, 4.69) is 26.4 Å². The highest BCUT2D eigenvalue weighted by Crippen LogP contribution is 2.17. The Kier molecular flexibility index (Phi) is 13.4. The average Bonchev–Trinajstić information content (AvgIpc) is 3.54. The number of carbonyl (C=O) groups excluding carboxylic acids is 5. The summed E-state index contributed by atoms with van der Waals surface area (Å²) in [6, 6.07) is 14.7. The Balaban J connectivity index is 1.47. The maximum atomic E-state index is 13.9. The second-order valence-electron chi connectivity index (χ2n) is 11.9. The van der Waals surface area contributed by atoms with Crippen molar-refractivity contribution in [3.8, 4) is 5.75 Å². The van der Waals surface area contributed by atoms with Gasteiger partial charge in [0, 0.05) is 38.3 Å². The number of nitrogens with zero attached hydrogens (tertiary/aromatic N) is 2. The summed E-state index contributed by atoms with van der Waals surface area (Å²) in [7, 11) is 3.33. The molecule has 3 atom stereocenters. The van der Waals surface area contributed by atoms with Gasteiger partial charge < -0.3 is 26.0 Å². The molecule has 1 aliphatic rings. The van der Waals surface area contributed by atoms with Crippen molar-refractivity contribution >= 4 is 29.4 Å². The van der Waals surface area contributed by atoms with Crippen LogP contribution >= 0.6 is 0 Å². The smallest absolute Gasteiger partial charge is 0.289 e. The predicted octanol–water partition coefficient (Wildman–Crippen LogP) is 2.63. The van der Waals surface area contributed by atoms with Crippen LogP contribution in [0.15, 0.2) is 90.7 Å². The molecule has 0 saturated carbocycles. The Morgan fingerprint density at radius 3 is 2.24 bits per heavy atom. The molecule has 1 aliphatic carbocycles. The van der Waals surface area contributed by atoms with Crippen LogP contribution in [0.1, 0.15) is 49.4 Å². The van der Waals surface area contributed by atoms with Gasteiger partial charge in [0.1, 0.15) is 23.9 Å². The number of amides is 4. The molecule has 12 nitrogen and oxygen atoms in total. The third-order valence-electron chi connectivity index (χ3n) is 8.20. The van der Waals surface area contributed by atoms with Crippen LogP contribution in [0.3, 0.4) is 0 Å². The van der Waals surface area contributed by atoms with Gasteiger partial charge in [0.15, 0.2) is 0 Å². The average molecular weight is 669 g/mol. The van der Waals surface area contributed by atoms with Gasteiger partial charge in [-0.2, -0.15) is 5.10 Å².